The topological polar surface area (TPSA) is 18.5 Å². The van der Waals surface area contributed by atoms with Crippen molar-refractivity contribution < 1.29 is 0 Å². The summed E-state index contributed by atoms with van der Waals surface area (Å²) in [5.41, 5.74) is 0.444. The van der Waals surface area contributed by atoms with Gasteiger partial charge in [0.05, 0.1) is 0 Å². The highest BCUT2D eigenvalue weighted by atomic mass is 15.3. The third kappa shape index (κ3) is 3.75. The average Bonchev–Trinajstić information content (AvgIpc) is 2.42. The molecule has 0 amide bonds. The van der Waals surface area contributed by atoms with Crippen LogP contribution in [0.25, 0.3) is 0 Å². The Morgan fingerprint density at radius 2 is 1.80 bits per heavy atom. The Bertz CT molecular complexity index is 282. The summed E-state index contributed by atoms with van der Waals surface area (Å²) in [5.74, 6) is 0. The van der Waals surface area contributed by atoms with Gasteiger partial charge in [0, 0.05) is 38.3 Å². The molecule has 2 rings (SSSR count). The van der Waals surface area contributed by atoms with E-state index in [0.717, 1.165) is 12.6 Å². The fraction of sp³-hybridized carbons (Fsp3) is 1.00. The zero-order chi connectivity index (χ0) is 14.6. The summed E-state index contributed by atoms with van der Waals surface area (Å²) in [7, 11) is 0. The maximum absolute atomic E-state index is 3.80. The minimum Gasteiger partial charge on any atom is -0.312 e. The zero-order valence-electron chi connectivity index (χ0n) is 14.1. The summed E-state index contributed by atoms with van der Waals surface area (Å²) < 4.78 is 0. The molecule has 118 valence electrons. The molecule has 3 nitrogen and oxygen atoms in total. The number of hydrogen-bond acceptors (Lipinski definition) is 3. The number of rotatable bonds is 5. The normalized spacial score (nSPS) is 32.4. The van der Waals surface area contributed by atoms with Crippen LogP contribution in [0.1, 0.15) is 53.4 Å². The molecule has 0 spiro atoms. The Morgan fingerprint density at radius 1 is 1.10 bits per heavy atom. The molecule has 2 unspecified atom stereocenters. The average molecular weight is 281 g/mol. The first kappa shape index (κ1) is 16.3. The smallest absolute Gasteiger partial charge is 0.0274 e. The number of hydrogen-bond donors (Lipinski definition) is 1. The van der Waals surface area contributed by atoms with Crippen molar-refractivity contribution in [1.29, 1.82) is 0 Å². The molecule has 1 heterocycles. The Morgan fingerprint density at radius 3 is 2.40 bits per heavy atom. The van der Waals surface area contributed by atoms with Crippen LogP contribution in [0, 0.1) is 5.41 Å². The fourth-order valence-electron chi connectivity index (χ4n) is 4.27. The number of likely N-dealkylation sites (N-methyl/N-ethyl adjacent to an activating group) is 1. The summed E-state index contributed by atoms with van der Waals surface area (Å²) in [4.78, 5) is 5.41. The number of piperazine rings is 1. The SMILES string of the molecule is CCCN1CCN(C2CCCC(C)(C)C2NCC)CC1. The minimum absolute atomic E-state index is 0.444. The molecule has 2 aliphatic rings. The lowest BCUT2D eigenvalue weighted by atomic mass is 9.70. The molecule has 2 atom stereocenters. The van der Waals surface area contributed by atoms with E-state index in [1.165, 1.54) is 58.4 Å². The van der Waals surface area contributed by atoms with Crippen LogP contribution in [-0.4, -0.2) is 61.2 Å². The first-order valence-corrected chi connectivity index (χ1v) is 8.78. The predicted molar refractivity (Wildman–Crippen MR) is 87.2 cm³/mol. The Kier molecular flexibility index (Phi) is 5.88. The van der Waals surface area contributed by atoms with Crippen LogP contribution in [-0.2, 0) is 0 Å². The quantitative estimate of drug-likeness (QED) is 0.835. The van der Waals surface area contributed by atoms with Gasteiger partial charge in [-0.25, -0.2) is 0 Å². The van der Waals surface area contributed by atoms with Crippen molar-refractivity contribution in [3.05, 3.63) is 0 Å². The summed E-state index contributed by atoms with van der Waals surface area (Å²) in [6, 6.07) is 1.42. The van der Waals surface area contributed by atoms with Crippen LogP contribution in [0.5, 0.6) is 0 Å². The van der Waals surface area contributed by atoms with E-state index in [9.17, 15) is 0 Å². The minimum atomic E-state index is 0.444. The molecule has 2 fully saturated rings. The number of nitrogens with zero attached hydrogens (tertiary/aromatic N) is 2. The van der Waals surface area contributed by atoms with Crippen LogP contribution in [0.15, 0.2) is 0 Å². The standard InChI is InChI=1S/C17H35N3/c1-5-10-19-11-13-20(14-12-19)15-8-7-9-17(3,4)16(15)18-6-2/h15-16,18H,5-14H2,1-4H3. The second-order valence-corrected chi connectivity index (χ2v) is 7.36. The van der Waals surface area contributed by atoms with Crippen LogP contribution in [0.3, 0.4) is 0 Å². The lowest BCUT2D eigenvalue weighted by molar-refractivity contribution is 0.0189. The van der Waals surface area contributed by atoms with E-state index >= 15 is 0 Å². The molecule has 1 saturated heterocycles. The summed E-state index contributed by atoms with van der Waals surface area (Å²) in [5, 5.41) is 3.80. The first-order valence-electron chi connectivity index (χ1n) is 8.78. The highest BCUT2D eigenvalue weighted by Crippen LogP contribution is 2.38. The van der Waals surface area contributed by atoms with Crippen molar-refractivity contribution in [2.24, 2.45) is 5.41 Å². The molecule has 0 aromatic heterocycles. The van der Waals surface area contributed by atoms with Crippen LogP contribution < -0.4 is 5.32 Å². The van der Waals surface area contributed by atoms with Crippen molar-refractivity contribution in [1.82, 2.24) is 15.1 Å². The third-order valence-electron chi connectivity index (χ3n) is 5.39. The van der Waals surface area contributed by atoms with Gasteiger partial charge in [-0.2, -0.15) is 0 Å². The van der Waals surface area contributed by atoms with Gasteiger partial charge < -0.3 is 10.2 Å². The zero-order valence-corrected chi connectivity index (χ0v) is 14.1. The molecular weight excluding hydrogens is 246 g/mol. The van der Waals surface area contributed by atoms with Crippen molar-refractivity contribution in [3.8, 4) is 0 Å². The summed E-state index contributed by atoms with van der Waals surface area (Å²) in [6.07, 6.45) is 5.44. The highest BCUT2D eigenvalue weighted by Gasteiger charge is 2.41. The van der Waals surface area contributed by atoms with Crippen LogP contribution in [0.2, 0.25) is 0 Å². The first-order chi connectivity index (χ1) is 9.58. The van der Waals surface area contributed by atoms with E-state index in [0.29, 0.717) is 11.5 Å². The number of nitrogens with one attached hydrogen (secondary N) is 1. The molecular formula is C17H35N3. The van der Waals surface area contributed by atoms with Crippen LogP contribution in [0.4, 0.5) is 0 Å². The fourth-order valence-corrected chi connectivity index (χ4v) is 4.27. The van der Waals surface area contributed by atoms with E-state index < -0.39 is 0 Å². The molecule has 3 heteroatoms. The second-order valence-electron chi connectivity index (χ2n) is 7.36. The van der Waals surface area contributed by atoms with Crippen molar-refractivity contribution >= 4 is 0 Å². The summed E-state index contributed by atoms with van der Waals surface area (Å²) in [6.45, 7) is 16.9. The maximum atomic E-state index is 3.80. The molecule has 20 heavy (non-hydrogen) atoms. The van der Waals surface area contributed by atoms with Gasteiger partial charge in [-0.15, -0.1) is 0 Å². The van der Waals surface area contributed by atoms with Crippen molar-refractivity contribution in [2.75, 3.05) is 39.3 Å². The lowest BCUT2D eigenvalue weighted by Gasteiger charge is -2.50. The predicted octanol–water partition coefficient (Wildman–Crippen LogP) is 2.57. The van der Waals surface area contributed by atoms with Gasteiger partial charge in [-0.1, -0.05) is 34.1 Å². The second kappa shape index (κ2) is 7.24. The lowest BCUT2D eigenvalue weighted by Crippen LogP contribution is -2.62. The Labute approximate surface area is 126 Å². The molecule has 1 aliphatic carbocycles. The van der Waals surface area contributed by atoms with Gasteiger partial charge in [0.25, 0.3) is 0 Å². The molecule has 0 radical (unpaired) electrons. The van der Waals surface area contributed by atoms with E-state index in [2.05, 4.69) is 42.8 Å². The highest BCUT2D eigenvalue weighted by molar-refractivity contribution is 4.98. The maximum Gasteiger partial charge on any atom is 0.0274 e. The van der Waals surface area contributed by atoms with Gasteiger partial charge in [-0.3, -0.25) is 4.90 Å². The molecule has 1 aliphatic heterocycles. The van der Waals surface area contributed by atoms with E-state index in [1.807, 2.05) is 0 Å². The van der Waals surface area contributed by atoms with Gasteiger partial charge in [0.1, 0.15) is 0 Å². The molecule has 1 N–H and O–H groups in total. The Hall–Kier alpha value is -0.120. The molecule has 0 aromatic carbocycles. The van der Waals surface area contributed by atoms with Gasteiger partial charge >= 0.3 is 0 Å². The Balaban J connectivity index is 1.96. The molecule has 1 saturated carbocycles. The van der Waals surface area contributed by atoms with Gasteiger partial charge in [0.2, 0.25) is 0 Å². The van der Waals surface area contributed by atoms with Gasteiger partial charge in [0.15, 0.2) is 0 Å². The van der Waals surface area contributed by atoms with Crippen molar-refractivity contribution in [3.63, 3.8) is 0 Å². The third-order valence-corrected chi connectivity index (χ3v) is 5.39. The molecule has 0 bridgehead atoms. The monoisotopic (exact) mass is 281 g/mol. The van der Waals surface area contributed by atoms with E-state index in [4.69, 9.17) is 0 Å². The van der Waals surface area contributed by atoms with E-state index in [-0.39, 0.29) is 0 Å². The van der Waals surface area contributed by atoms with Gasteiger partial charge in [-0.05, 0) is 37.8 Å². The van der Waals surface area contributed by atoms with E-state index in [1.54, 1.807) is 0 Å². The largest absolute Gasteiger partial charge is 0.312 e. The molecule has 0 aromatic rings. The van der Waals surface area contributed by atoms with Crippen molar-refractivity contribution in [2.45, 2.75) is 65.5 Å². The summed E-state index contributed by atoms with van der Waals surface area (Å²) >= 11 is 0. The van der Waals surface area contributed by atoms with Crippen LogP contribution >= 0.6 is 0 Å².